The summed E-state index contributed by atoms with van der Waals surface area (Å²) in [6.45, 7) is 3.35. The van der Waals surface area contributed by atoms with E-state index in [4.69, 9.17) is 23.3 Å². The first-order valence-electron chi connectivity index (χ1n) is 10.6. The molecule has 1 aromatic heterocycles. The minimum atomic E-state index is -3.60. The van der Waals surface area contributed by atoms with Crippen LogP contribution in [0.2, 0.25) is 0 Å². The molecule has 3 heterocycles. The lowest BCUT2D eigenvalue weighted by molar-refractivity contribution is -0.200. The number of nitrogens with one attached hydrogen (secondary N) is 1. The number of H-pyrrole nitrogens is 1. The molecule has 10 nitrogen and oxygen atoms in total. The lowest BCUT2D eigenvalue weighted by Gasteiger charge is -2.26. The zero-order valence-corrected chi connectivity index (χ0v) is 20.4. The van der Waals surface area contributed by atoms with Gasteiger partial charge >= 0.3 is 12.5 Å². The molecule has 0 bridgehead atoms. The summed E-state index contributed by atoms with van der Waals surface area (Å²) in [7, 11) is 0. The third-order valence-electron chi connectivity index (χ3n) is 4.95. The SMILES string of the molecule is CC(C)OP(=O)(OC[C@H]1O[C@@H](n2ccc(=O)[nH]c2=O)[C@@H]2OC(C)(C)O[C@@H]21)Sc1ccccc1. The van der Waals surface area contributed by atoms with Gasteiger partial charge in [0.2, 0.25) is 0 Å². The van der Waals surface area contributed by atoms with Gasteiger partial charge in [-0.1, -0.05) is 18.2 Å². The maximum absolute atomic E-state index is 13.5. The first kappa shape index (κ1) is 24.4. The Morgan fingerprint density at radius 1 is 1.15 bits per heavy atom. The van der Waals surface area contributed by atoms with Gasteiger partial charge in [-0.25, -0.2) is 9.36 Å². The summed E-state index contributed by atoms with van der Waals surface area (Å²) in [4.78, 5) is 26.8. The lowest BCUT2D eigenvalue weighted by atomic mass is 10.1. The number of rotatable bonds is 8. The summed E-state index contributed by atoms with van der Waals surface area (Å²) in [5.74, 6) is -0.918. The average Bonchev–Trinajstić information content (AvgIpc) is 3.20. The highest BCUT2D eigenvalue weighted by Crippen LogP contribution is 2.64. The summed E-state index contributed by atoms with van der Waals surface area (Å²) in [5.41, 5.74) is -1.14. The fraction of sp³-hybridized carbons (Fsp3) is 0.524. The molecule has 12 heteroatoms. The highest BCUT2D eigenvalue weighted by Gasteiger charge is 2.56. The van der Waals surface area contributed by atoms with Gasteiger partial charge in [-0.3, -0.25) is 23.4 Å². The molecule has 4 rings (SSSR count). The van der Waals surface area contributed by atoms with E-state index in [0.717, 1.165) is 16.3 Å². The summed E-state index contributed by atoms with van der Waals surface area (Å²) >= 11 is 1.02. The van der Waals surface area contributed by atoms with Crippen molar-refractivity contribution < 1.29 is 27.8 Å². The van der Waals surface area contributed by atoms with Gasteiger partial charge < -0.3 is 14.2 Å². The minimum absolute atomic E-state index is 0.112. The molecule has 2 aliphatic rings. The van der Waals surface area contributed by atoms with Crippen LogP contribution in [0.5, 0.6) is 0 Å². The zero-order valence-electron chi connectivity index (χ0n) is 18.7. The van der Waals surface area contributed by atoms with Gasteiger partial charge in [0.15, 0.2) is 12.0 Å². The number of aromatic amines is 1. The van der Waals surface area contributed by atoms with Crippen LogP contribution in [-0.2, 0) is 27.8 Å². The molecule has 2 aromatic rings. The summed E-state index contributed by atoms with van der Waals surface area (Å²) in [6.07, 6.45) is -1.76. The standard InChI is InChI=1S/C21H27N2O8PS/c1-13(2)31-32(26,33-14-8-6-5-7-9-14)27-12-15-17-18(30-21(3,4)29-17)19(28-15)23-11-10-16(24)22-20(23)25/h5-11,13,15,17-19H,12H2,1-4H3,(H,22,24,25)/t15-,17-,18-,19-,32?/m1/s1. The Morgan fingerprint density at radius 3 is 2.52 bits per heavy atom. The van der Waals surface area contributed by atoms with E-state index >= 15 is 0 Å². The number of hydrogen-bond donors (Lipinski definition) is 1. The largest absolute Gasteiger partial charge is 0.394 e. The summed E-state index contributed by atoms with van der Waals surface area (Å²) < 4.78 is 44.3. The van der Waals surface area contributed by atoms with Crippen molar-refractivity contribution in [2.24, 2.45) is 0 Å². The van der Waals surface area contributed by atoms with Crippen LogP contribution in [0, 0.1) is 0 Å². The van der Waals surface area contributed by atoms with Gasteiger partial charge in [0.1, 0.15) is 18.3 Å². The van der Waals surface area contributed by atoms with Crippen LogP contribution in [0.3, 0.4) is 0 Å². The van der Waals surface area contributed by atoms with Crippen molar-refractivity contribution in [1.29, 1.82) is 0 Å². The van der Waals surface area contributed by atoms with Crippen molar-refractivity contribution in [2.45, 2.75) is 69.0 Å². The van der Waals surface area contributed by atoms with Crippen LogP contribution >= 0.6 is 18.2 Å². The molecule has 2 aliphatic heterocycles. The van der Waals surface area contributed by atoms with Gasteiger partial charge in [0.05, 0.1) is 12.7 Å². The van der Waals surface area contributed by atoms with Gasteiger partial charge in [0.25, 0.3) is 5.56 Å². The molecule has 0 aliphatic carbocycles. The third-order valence-corrected chi connectivity index (χ3v) is 8.68. The molecule has 1 unspecified atom stereocenters. The fourth-order valence-electron chi connectivity index (χ4n) is 3.76. The Hall–Kier alpha value is -1.72. The van der Waals surface area contributed by atoms with Crippen molar-refractivity contribution in [1.82, 2.24) is 9.55 Å². The molecule has 0 radical (unpaired) electrons. The molecule has 1 N–H and O–H groups in total. The van der Waals surface area contributed by atoms with Gasteiger partial charge in [-0.05, 0) is 51.2 Å². The number of nitrogens with zero attached hydrogens (tertiary/aromatic N) is 1. The fourth-order valence-corrected chi connectivity index (χ4v) is 7.42. The van der Waals surface area contributed by atoms with Crippen LogP contribution in [0.4, 0.5) is 0 Å². The minimum Gasteiger partial charge on any atom is -0.346 e. The quantitative estimate of drug-likeness (QED) is 0.547. The molecule has 180 valence electrons. The highest BCUT2D eigenvalue weighted by atomic mass is 32.7. The van der Waals surface area contributed by atoms with E-state index in [0.29, 0.717) is 0 Å². The monoisotopic (exact) mass is 498 g/mol. The van der Waals surface area contributed by atoms with Crippen LogP contribution in [0.1, 0.15) is 33.9 Å². The Labute approximate surface area is 194 Å². The topological polar surface area (TPSA) is 118 Å². The molecule has 2 fully saturated rings. The molecule has 0 spiro atoms. The predicted octanol–water partition coefficient (Wildman–Crippen LogP) is 3.30. The first-order valence-corrected chi connectivity index (χ1v) is 13.5. The van der Waals surface area contributed by atoms with Crippen molar-refractivity contribution in [3.63, 3.8) is 0 Å². The van der Waals surface area contributed by atoms with Crippen molar-refractivity contribution >= 4 is 18.2 Å². The third kappa shape index (κ3) is 5.68. The Kier molecular flexibility index (Phi) is 7.02. The molecule has 2 saturated heterocycles. The van der Waals surface area contributed by atoms with Crippen LogP contribution in [0.25, 0.3) is 0 Å². The van der Waals surface area contributed by atoms with Gasteiger partial charge in [-0.15, -0.1) is 0 Å². The lowest BCUT2D eigenvalue weighted by Crippen LogP contribution is -2.37. The first-order chi connectivity index (χ1) is 15.6. The smallest absolute Gasteiger partial charge is 0.346 e. The van der Waals surface area contributed by atoms with Crippen molar-refractivity contribution in [2.75, 3.05) is 6.61 Å². The Balaban J connectivity index is 1.55. The van der Waals surface area contributed by atoms with E-state index in [2.05, 4.69) is 4.98 Å². The van der Waals surface area contributed by atoms with E-state index in [1.807, 2.05) is 30.3 Å². The number of fused-ring (bicyclic) bond motifs is 1. The molecule has 0 saturated carbocycles. The van der Waals surface area contributed by atoms with E-state index in [-0.39, 0.29) is 12.7 Å². The summed E-state index contributed by atoms with van der Waals surface area (Å²) in [6, 6.07) is 10.4. The van der Waals surface area contributed by atoms with Crippen molar-refractivity contribution in [3.05, 3.63) is 63.4 Å². The zero-order chi connectivity index (χ0) is 23.8. The average molecular weight is 498 g/mol. The van der Waals surface area contributed by atoms with E-state index in [1.54, 1.807) is 27.7 Å². The molecular weight excluding hydrogens is 471 g/mol. The second-order valence-electron chi connectivity index (χ2n) is 8.45. The molecule has 1 aromatic carbocycles. The van der Waals surface area contributed by atoms with Crippen LogP contribution in [0.15, 0.2) is 57.1 Å². The van der Waals surface area contributed by atoms with E-state index < -0.39 is 48.4 Å². The second kappa shape index (κ2) is 9.50. The normalized spacial score (nSPS) is 28.0. The molecule has 0 amide bonds. The maximum atomic E-state index is 13.5. The highest BCUT2D eigenvalue weighted by molar-refractivity contribution is 8.55. The Morgan fingerprint density at radius 2 is 1.85 bits per heavy atom. The molecule has 5 atom stereocenters. The second-order valence-corrected chi connectivity index (χ2v) is 12.4. The van der Waals surface area contributed by atoms with Crippen molar-refractivity contribution in [3.8, 4) is 0 Å². The Bertz CT molecular complexity index is 1130. The van der Waals surface area contributed by atoms with Crippen LogP contribution < -0.4 is 11.2 Å². The molecular formula is C21H27N2O8PS. The molecule has 33 heavy (non-hydrogen) atoms. The number of ether oxygens (including phenoxy) is 3. The van der Waals surface area contributed by atoms with E-state index in [1.165, 1.54) is 16.8 Å². The van der Waals surface area contributed by atoms with Gasteiger partial charge in [0, 0.05) is 17.2 Å². The number of aromatic nitrogens is 2. The van der Waals surface area contributed by atoms with Crippen LogP contribution in [-0.4, -0.2) is 46.4 Å². The van der Waals surface area contributed by atoms with Gasteiger partial charge in [-0.2, -0.15) is 0 Å². The maximum Gasteiger partial charge on any atom is 0.394 e. The number of benzene rings is 1. The summed E-state index contributed by atoms with van der Waals surface area (Å²) in [5, 5.41) is 0. The predicted molar refractivity (Wildman–Crippen MR) is 121 cm³/mol. The van der Waals surface area contributed by atoms with E-state index in [9.17, 15) is 14.2 Å². The number of hydrogen-bond acceptors (Lipinski definition) is 9.